The van der Waals surface area contributed by atoms with Gasteiger partial charge in [0.15, 0.2) is 5.69 Å². The maximum atomic E-state index is 13.8. The van der Waals surface area contributed by atoms with E-state index in [0.29, 0.717) is 16.2 Å². The summed E-state index contributed by atoms with van der Waals surface area (Å²) < 4.78 is 43.6. The van der Waals surface area contributed by atoms with Crippen LogP contribution in [0, 0.1) is 0 Å². The van der Waals surface area contributed by atoms with E-state index in [0.717, 1.165) is 11.8 Å². The zero-order valence-corrected chi connectivity index (χ0v) is 16.6. The zero-order valence-electron chi connectivity index (χ0n) is 15.8. The number of hydrogen-bond donors (Lipinski definition) is 1. The summed E-state index contributed by atoms with van der Waals surface area (Å²) in [7, 11) is 0. The first-order chi connectivity index (χ1) is 14.8. The molecule has 0 radical (unpaired) electrons. The summed E-state index contributed by atoms with van der Waals surface area (Å²) in [5.74, 6) is -0.938. The molecule has 158 valence electrons. The fourth-order valence-electron chi connectivity index (χ4n) is 3.05. The normalized spacial score (nSPS) is 11.5. The molecule has 31 heavy (non-hydrogen) atoms. The standard InChI is InChI=1S/C21H15ClF3N5O/c22-15-6-8-17(9-7-15)30-19(21(23,24)25)18(11-27-30)20(31)28-16-10-26-29(13-16)12-14-4-2-1-3-5-14/h1-11,13H,12H2,(H,28,31). The molecule has 10 heteroatoms. The van der Waals surface area contributed by atoms with Gasteiger partial charge in [0.2, 0.25) is 0 Å². The molecule has 0 aliphatic carbocycles. The Labute approximate surface area is 179 Å². The fraction of sp³-hybridized carbons (Fsp3) is 0.0952. The number of nitrogens with one attached hydrogen (secondary N) is 1. The van der Waals surface area contributed by atoms with Gasteiger partial charge in [0, 0.05) is 11.2 Å². The van der Waals surface area contributed by atoms with Gasteiger partial charge in [0.05, 0.1) is 35.9 Å². The van der Waals surface area contributed by atoms with Crippen LogP contribution in [0.2, 0.25) is 5.02 Å². The molecule has 0 aliphatic rings. The first kappa shape index (κ1) is 20.7. The van der Waals surface area contributed by atoms with Gasteiger partial charge in [0.25, 0.3) is 5.91 Å². The molecule has 0 spiro atoms. The number of amides is 1. The number of anilines is 1. The van der Waals surface area contributed by atoms with Gasteiger partial charge in [0.1, 0.15) is 0 Å². The second-order valence-electron chi connectivity index (χ2n) is 6.66. The number of halogens is 4. The third-order valence-corrected chi connectivity index (χ3v) is 4.68. The van der Waals surface area contributed by atoms with Gasteiger partial charge in [-0.05, 0) is 29.8 Å². The molecule has 2 aromatic heterocycles. The molecular weight excluding hydrogens is 431 g/mol. The maximum absolute atomic E-state index is 13.8. The molecule has 2 heterocycles. The van der Waals surface area contributed by atoms with Crippen molar-refractivity contribution in [2.24, 2.45) is 0 Å². The van der Waals surface area contributed by atoms with Crippen molar-refractivity contribution in [3.05, 3.63) is 95.0 Å². The van der Waals surface area contributed by atoms with Crippen LogP contribution >= 0.6 is 11.6 Å². The van der Waals surface area contributed by atoms with Crippen molar-refractivity contribution in [1.82, 2.24) is 19.6 Å². The van der Waals surface area contributed by atoms with Gasteiger partial charge in [-0.25, -0.2) is 4.68 Å². The van der Waals surface area contributed by atoms with Crippen LogP contribution in [0.5, 0.6) is 0 Å². The van der Waals surface area contributed by atoms with Crippen molar-refractivity contribution >= 4 is 23.2 Å². The predicted octanol–water partition coefficient (Wildman–Crippen LogP) is 5.04. The number of alkyl halides is 3. The lowest BCUT2D eigenvalue weighted by molar-refractivity contribution is -0.143. The zero-order chi connectivity index (χ0) is 22.0. The first-order valence-corrected chi connectivity index (χ1v) is 9.48. The van der Waals surface area contributed by atoms with E-state index in [1.807, 2.05) is 30.3 Å². The molecule has 0 atom stereocenters. The average molecular weight is 446 g/mol. The van der Waals surface area contributed by atoms with Crippen LogP contribution in [0.4, 0.5) is 18.9 Å². The maximum Gasteiger partial charge on any atom is 0.434 e. The number of aromatic nitrogens is 4. The summed E-state index contributed by atoms with van der Waals surface area (Å²) in [6.07, 6.45) is -0.999. The van der Waals surface area contributed by atoms with Crippen LogP contribution in [0.1, 0.15) is 21.6 Å². The summed E-state index contributed by atoms with van der Waals surface area (Å²) >= 11 is 5.80. The molecule has 0 saturated carbocycles. The molecule has 0 fully saturated rings. The largest absolute Gasteiger partial charge is 0.434 e. The summed E-state index contributed by atoms with van der Waals surface area (Å²) in [6, 6.07) is 15.2. The Balaban J connectivity index is 1.58. The fourth-order valence-corrected chi connectivity index (χ4v) is 3.17. The highest BCUT2D eigenvalue weighted by Gasteiger charge is 2.40. The average Bonchev–Trinajstić information content (AvgIpc) is 3.36. The molecule has 6 nitrogen and oxygen atoms in total. The van der Waals surface area contributed by atoms with Crippen LogP contribution in [0.15, 0.2) is 73.2 Å². The Bertz CT molecular complexity index is 1200. The van der Waals surface area contributed by atoms with E-state index in [9.17, 15) is 18.0 Å². The SMILES string of the molecule is O=C(Nc1cnn(Cc2ccccc2)c1)c1cnn(-c2ccc(Cl)cc2)c1C(F)(F)F. The third kappa shape index (κ3) is 4.61. The predicted molar refractivity (Wildman–Crippen MR) is 109 cm³/mol. The lowest BCUT2D eigenvalue weighted by Gasteiger charge is -2.12. The van der Waals surface area contributed by atoms with E-state index in [4.69, 9.17) is 11.6 Å². The Morgan fingerprint density at radius 2 is 1.71 bits per heavy atom. The Hall–Kier alpha value is -3.59. The van der Waals surface area contributed by atoms with Crippen LogP contribution in [0.25, 0.3) is 5.69 Å². The minimum Gasteiger partial charge on any atom is -0.319 e. The van der Waals surface area contributed by atoms with Gasteiger partial charge >= 0.3 is 6.18 Å². The molecule has 0 unspecified atom stereocenters. The number of hydrogen-bond acceptors (Lipinski definition) is 3. The highest BCUT2D eigenvalue weighted by Crippen LogP contribution is 2.34. The van der Waals surface area contributed by atoms with Gasteiger partial charge in [-0.1, -0.05) is 41.9 Å². The quantitative estimate of drug-likeness (QED) is 0.468. The van der Waals surface area contributed by atoms with Gasteiger partial charge in [-0.2, -0.15) is 23.4 Å². The number of carbonyl (C=O) groups is 1. The topological polar surface area (TPSA) is 64.7 Å². The molecular formula is C21H15ClF3N5O. The monoisotopic (exact) mass is 445 g/mol. The van der Waals surface area contributed by atoms with Crippen LogP contribution in [-0.4, -0.2) is 25.5 Å². The number of carbonyl (C=O) groups excluding carboxylic acids is 1. The van der Waals surface area contributed by atoms with E-state index < -0.39 is 23.3 Å². The molecule has 0 aliphatic heterocycles. The Kier molecular flexibility index (Phi) is 5.51. The highest BCUT2D eigenvalue weighted by molar-refractivity contribution is 6.30. The van der Waals surface area contributed by atoms with Crippen molar-refractivity contribution in [1.29, 1.82) is 0 Å². The van der Waals surface area contributed by atoms with Gasteiger partial charge in [-0.3, -0.25) is 9.48 Å². The van der Waals surface area contributed by atoms with Crippen molar-refractivity contribution in [3.63, 3.8) is 0 Å². The summed E-state index contributed by atoms with van der Waals surface area (Å²) in [5, 5.41) is 10.7. The van der Waals surface area contributed by atoms with E-state index in [1.165, 1.54) is 30.5 Å². The van der Waals surface area contributed by atoms with Crippen LogP contribution < -0.4 is 5.32 Å². The van der Waals surface area contributed by atoms with Crippen molar-refractivity contribution in [3.8, 4) is 5.69 Å². The molecule has 1 amide bonds. The lowest BCUT2D eigenvalue weighted by atomic mass is 10.2. The smallest absolute Gasteiger partial charge is 0.319 e. The molecule has 1 N–H and O–H groups in total. The first-order valence-electron chi connectivity index (χ1n) is 9.10. The Morgan fingerprint density at radius 1 is 1.00 bits per heavy atom. The third-order valence-electron chi connectivity index (χ3n) is 4.43. The summed E-state index contributed by atoms with van der Waals surface area (Å²) in [6.45, 7) is 0.457. The number of benzene rings is 2. The van der Waals surface area contributed by atoms with Gasteiger partial charge < -0.3 is 5.32 Å². The molecule has 0 bridgehead atoms. The Morgan fingerprint density at radius 3 is 2.39 bits per heavy atom. The molecule has 4 aromatic rings. The van der Waals surface area contributed by atoms with Crippen LogP contribution in [-0.2, 0) is 12.7 Å². The number of rotatable bonds is 5. The molecule has 2 aromatic carbocycles. The van der Waals surface area contributed by atoms with Gasteiger partial charge in [-0.15, -0.1) is 0 Å². The van der Waals surface area contributed by atoms with Crippen molar-refractivity contribution in [2.45, 2.75) is 12.7 Å². The highest BCUT2D eigenvalue weighted by atomic mass is 35.5. The minimum atomic E-state index is -4.81. The van der Waals surface area contributed by atoms with Crippen molar-refractivity contribution < 1.29 is 18.0 Å². The van der Waals surface area contributed by atoms with Crippen LogP contribution in [0.3, 0.4) is 0 Å². The lowest BCUT2D eigenvalue weighted by Crippen LogP contribution is -2.20. The number of nitrogens with zero attached hydrogens (tertiary/aromatic N) is 4. The molecule has 4 rings (SSSR count). The summed E-state index contributed by atoms with van der Waals surface area (Å²) in [4.78, 5) is 12.6. The van der Waals surface area contributed by atoms with E-state index in [-0.39, 0.29) is 11.4 Å². The van der Waals surface area contributed by atoms with E-state index >= 15 is 0 Å². The van der Waals surface area contributed by atoms with E-state index in [2.05, 4.69) is 15.5 Å². The summed E-state index contributed by atoms with van der Waals surface area (Å²) in [5.41, 5.74) is -0.380. The van der Waals surface area contributed by atoms with E-state index in [1.54, 1.807) is 10.9 Å². The second-order valence-corrected chi connectivity index (χ2v) is 7.10. The second kappa shape index (κ2) is 8.27. The minimum absolute atomic E-state index is 0.131. The van der Waals surface area contributed by atoms with Crippen molar-refractivity contribution in [2.75, 3.05) is 5.32 Å². The molecule has 0 saturated heterocycles.